The Morgan fingerprint density at radius 1 is 0.842 bits per heavy atom. The first-order valence-corrected chi connectivity index (χ1v) is 6.50. The van der Waals surface area contributed by atoms with Crippen molar-refractivity contribution in [3.8, 4) is 0 Å². The Morgan fingerprint density at radius 3 is 1.53 bits per heavy atom. The molecular formula is C18H25N. The topological polar surface area (TPSA) is 3.24 Å². The zero-order chi connectivity index (χ0) is 14.7. The summed E-state index contributed by atoms with van der Waals surface area (Å²) in [5, 5.41) is 0. The van der Waals surface area contributed by atoms with E-state index in [2.05, 4.69) is 43.2 Å². The molecule has 0 bridgehead atoms. The minimum Gasteiger partial charge on any atom is -0.315 e. The fourth-order valence-corrected chi connectivity index (χ4v) is 1.68. The van der Waals surface area contributed by atoms with E-state index < -0.39 is 0 Å². The molecule has 0 spiro atoms. The lowest BCUT2D eigenvalue weighted by Gasteiger charge is -2.27. The third kappa shape index (κ3) is 5.43. The number of hydrogen-bond donors (Lipinski definition) is 0. The highest BCUT2D eigenvalue weighted by Crippen LogP contribution is 2.22. The molecule has 0 saturated carbocycles. The van der Waals surface area contributed by atoms with E-state index in [0.717, 1.165) is 17.1 Å². The van der Waals surface area contributed by atoms with Gasteiger partial charge in [-0.3, -0.25) is 0 Å². The van der Waals surface area contributed by atoms with Gasteiger partial charge >= 0.3 is 0 Å². The molecule has 0 aliphatic heterocycles. The highest BCUT2D eigenvalue weighted by molar-refractivity contribution is 5.36. The second kappa shape index (κ2) is 9.95. The van der Waals surface area contributed by atoms with Crippen LogP contribution in [0.5, 0.6) is 0 Å². The first-order valence-electron chi connectivity index (χ1n) is 6.50. The average molecular weight is 255 g/mol. The minimum atomic E-state index is 1.07. The molecule has 0 N–H and O–H groups in total. The molecule has 0 fully saturated rings. The van der Waals surface area contributed by atoms with Crippen LogP contribution in [0, 0.1) is 0 Å². The van der Waals surface area contributed by atoms with Gasteiger partial charge in [-0.05, 0) is 52.0 Å². The van der Waals surface area contributed by atoms with Crippen molar-refractivity contribution in [2.45, 2.75) is 27.7 Å². The van der Waals surface area contributed by atoms with Crippen molar-refractivity contribution < 1.29 is 0 Å². The molecular weight excluding hydrogens is 230 g/mol. The van der Waals surface area contributed by atoms with Crippen LogP contribution in [0.15, 0.2) is 84.9 Å². The lowest BCUT2D eigenvalue weighted by atomic mass is 10.2. The highest BCUT2D eigenvalue weighted by atomic mass is 15.2. The van der Waals surface area contributed by atoms with Gasteiger partial charge in [-0.2, -0.15) is 0 Å². The van der Waals surface area contributed by atoms with Gasteiger partial charge in [0.05, 0.1) is 0 Å². The van der Waals surface area contributed by atoms with Crippen LogP contribution in [-0.2, 0) is 0 Å². The molecule has 0 amide bonds. The molecule has 0 radical (unpaired) electrons. The van der Waals surface area contributed by atoms with Crippen molar-refractivity contribution in [3.05, 3.63) is 84.9 Å². The van der Waals surface area contributed by atoms with Crippen molar-refractivity contribution in [2.24, 2.45) is 0 Å². The molecule has 0 unspecified atom stereocenters. The molecule has 0 aromatic carbocycles. The summed E-state index contributed by atoms with van der Waals surface area (Å²) >= 11 is 0. The molecule has 0 atom stereocenters. The maximum atomic E-state index is 3.79. The molecule has 0 aliphatic rings. The van der Waals surface area contributed by atoms with Gasteiger partial charge in [0.15, 0.2) is 0 Å². The first-order chi connectivity index (χ1) is 9.15. The van der Waals surface area contributed by atoms with Gasteiger partial charge in [-0.1, -0.05) is 43.5 Å². The van der Waals surface area contributed by atoms with Crippen LogP contribution >= 0.6 is 0 Å². The molecule has 0 heterocycles. The number of hydrogen-bond acceptors (Lipinski definition) is 1. The summed E-state index contributed by atoms with van der Waals surface area (Å²) in [4.78, 5) is 2.17. The average Bonchev–Trinajstić information content (AvgIpc) is 2.39. The summed E-state index contributed by atoms with van der Waals surface area (Å²) in [5.74, 6) is 0. The maximum absolute atomic E-state index is 3.79. The molecule has 0 saturated heterocycles. The quantitative estimate of drug-likeness (QED) is 0.543. The highest BCUT2D eigenvalue weighted by Gasteiger charge is 2.11. The van der Waals surface area contributed by atoms with Crippen molar-refractivity contribution in [1.29, 1.82) is 0 Å². The van der Waals surface area contributed by atoms with Crippen LogP contribution in [0.2, 0.25) is 0 Å². The fourth-order valence-electron chi connectivity index (χ4n) is 1.68. The zero-order valence-electron chi connectivity index (χ0n) is 12.6. The molecule has 102 valence electrons. The van der Waals surface area contributed by atoms with Crippen LogP contribution in [0.4, 0.5) is 0 Å². The van der Waals surface area contributed by atoms with Gasteiger partial charge in [0.1, 0.15) is 0 Å². The largest absolute Gasteiger partial charge is 0.315 e. The lowest BCUT2D eigenvalue weighted by molar-refractivity contribution is 0.559. The number of rotatable bonds is 7. The Morgan fingerprint density at radius 2 is 1.26 bits per heavy atom. The monoisotopic (exact) mass is 255 g/mol. The molecule has 0 rings (SSSR count). The van der Waals surface area contributed by atoms with Crippen molar-refractivity contribution >= 4 is 0 Å². The van der Waals surface area contributed by atoms with Crippen LogP contribution in [0.1, 0.15) is 27.7 Å². The van der Waals surface area contributed by atoms with Crippen LogP contribution in [-0.4, -0.2) is 4.90 Å². The van der Waals surface area contributed by atoms with E-state index in [9.17, 15) is 0 Å². The summed E-state index contributed by atoms with van der Waals surface area (Å²) in [5.41, 5.74) is 3.29. The molecule has 1 nitrogen and oxygen atoms in total. The summed E-state index contributed by atoms with van der Waals surface area (Å²) in [6, 6.07) is 0. The second-order valence-corrected chi connectivity index (χ2v) is 3.92. The van der Waals surface area contributed by atoms with E-state index in [1.807, 2.05) is 45.1 Å². The van der Waals surface area contributed by atoms with E-state index in [4.69, 9.17) is 0 Å². The zero-order valence-corrected chi connectivity index (χ0v) is 12.6. The Hall–Kier alpha value is -2.02. The van der Waals surface area contributed by atoms with E-state index in [-0.39, 0.29) is 0 Å². The predicted molar refractivity (Wildman–Crippen MR) is 87.5 cm³/mol. The lowest BCUT2D eigenvalue weighted by Crippen LogP contribution is -2.18. The van der Waals surface area contributed by atoms with Crippen molar-refractivity contribution in [1.82, 2.24) is 4.90 Å². The summed E-state index contributed by atoms with van der Waals surface area (Å²) < 4.78 is 0. The van der Waals surface area contributed by atoms with Crippen molar-refractivity contribution in [3.63, 3.8) is 0 Å². The molecule has 19 heavy (non-hydrogen) atoms. The number of nitrogens with zero attached hydrogens (tertiary/aromatic N) is 1. The SMILES string of the molecule is C=C/C=C(\C=C/C)N(/C(C)=C/C)C(/C=C\C)=C/C=C. The molecule has 0 aliphatic carbocycles. The third-order valence-electron chi connectivity index (χ3n) is 2.54. The van der Waals surface area contributed by atoms with Gasteiger partial charge < -0.3 is 4.90 Å². The van der Waals surface area contributed by atoms with E-state index >= 15 is 0 Å². The van der Waals surface area contributed by atoms with Gasteiger partial charge in [-0.25, -0.2) is 0 Å². The Labute approximate surface area is 118 Å². The first kappa shape index (κ1) is 17.0. The standard InChI is InChI=1S/C18H25N/c1-7-12-17(13-8-2)19(16(6)11-5)18(14-9-3)15-10-4/h7-15H,1,3H2,2,4-6H3/b13-8-,15-10-,16-11+,17-12+,18-14+. The fraction of sp³-hybridized carbons (Fsp3) is 0.222. The Kier molecular flexibility index (Phi) is 8.90. The van der Waals surface area contributed by atoms with Crippen LogP contribution in [0.3, 0.4) is 0 Å². The second-order valence-electron chi connectivity index (χ2n) is 3.92. The van der Waals surface area contributed by atoms with Crippen LogP contribution in [0.25, 0.3) is 0 Å². The van der Waals surface area contributed by atoms with Gasteiger partial charge in [0.25, 0.3) is 0 Å². The Balaban J connectivity index is 5.91. The maximum Gasteiger partial charge on any atom is 0.0454 e. The molecule has 0 aromatic rings. The van der Waals surface area contributed by atoms with E-state index in [1.54, 1.807) is 12.2 Å². The van der Waals surface area contributed by atoms with Crippen molar-refractivity contribution in [2.75, 3.05) is 0 Å². The van der Waals surface area contributed by atoms with E-state index in [0.29, 0.717) is 0 Å². The summed E-state index contributed by atoms with van der Waals surface area (Å²) in [7, 11) is 0. The normalized spacial score (nSPS) is 14.2. The van der Waals surface area contributed by atoms with E-state index in [1.165, 1.54) is 0 Å². The predicted octanol–water partition coefficient (Wildman–Crippen LogP) is 5.50. The molecule has 1 heteroatoms. The molecule has 0 aromatic heterocycles. The summed E-state index contributed by atoms with van der Waals surface area (Å²) in [6.45, 7) is 15.7. The van der Waals surface area contributed by atoms with Crippen LogP contribution < -0.4 is 0 Å². The summed E-state index contributed by atoms with van der Waals surface area (Å²) in [6.07, 6.45) is 17.8. The van der Waals surface area contributed by atoms with Gasteiger partial charge in [0.2, 0.25) is 0 Å². The van der Waals surface area contributed by atoms with Gasteiger partial charge in [0, 0.05) is 17.1 Å². The minimum absolute atomic E-state index is 1.07. The third-order valence-corrected chi connectivity index (χ3v) is 2.54. The Bertz CT molecular complexity index is 408. The smallest absolute Gasteiger partial charge is 0.0454 e. The number of allylic oxidation sites excluding steroid dienone is 10. The van der Waals surface area contributed by atoms with Gasteiger partial charge in [-0.15, -0.1) is 0 Å².